The van der Waals surface area contributed by atoms with Gasteiger partial charge in [0.2, 0.25) is 0 Å². The van der Waals surface area contributed by atoms with E-state index in [4.69, 9.17) is 0 Å². The van der Waals surface area contributed by atoms with Crippen molar-refractivity contribution in [3.05, 3.63) is 47.5 Å². The van der Waals surface area contributed by atoms with Gasteiger partial charge in [0.1, 0.15) is 0 Å². The number of hydrogen-bond acceptors (Lipinski definition) is 0. The molecule has 0 nitrogen and oxygen atoms in total. The molecule has 13 heavy (non-hydrogen) atoms. The van der Waals surface area contributed by atoms with E-state index in [0.29, 0.717) is 0 Å². The standard InChI is InChI=1S/C13H16/c1-2-4-8-12-10-6-7-11-13(12)9-5-3-1/h1-2,6-7,10-11H,3-5,8-9H2/b2-1-. The van der Waals surface area contributed by atoms with Gasteiger partial charge in [-0.2, -0.15) is 0 Å². The Labute approximate surface area is 80.3 Å². The van der Waals surface area contributed by atoms with Crippen LogP contribution in [0.3, 0.4) is 0 Å². The van der Waals surface area contributed by atoms with Crippen molar-refractivity contribution in [1.82, 2.24) is 0 Å². The molecule has 1 aromatic rings. The van der Waals surface area contributed by atoms with Crippen LogP contribution in [0.1, 0.15) is 30.4 Å². The predicted molar refractivity (Wildman–Crippen MR) is 56.8 cm³/mol. The van der Waals surface area contributed by atoms with Crippen LogP contribution in [-0.4, -0.2) is 0 Å². The number of hydrogen-bond donors (Lipinski definition) is 0. The Hall–Kier alpha value is -1.04. The first-order valence-corrected chi connectivity index (χ1v) is 5.18. The van der Waals surface area contributed by atoms with Gasteiger partial charge in [0.05, 0.1) is 0 Å². The number of benzene rings is 1. The van der Waals surface area contributed by atoms with Crippen molar-refractivity contribution < 1.29 is 0 Å². The van der Waals surface area contributed by atoms with Gasteiger partial charge in [-0.05, 0) is 43.2 Å². The molecule has 0 amide bonds. The quantitative estimate of drug-likeness (QED) is 0.525. The van der Waals surface area contributed by atoms with Crippen LogP contribution in [0.2, 0.25) is 0 Å². The molecule has 68 valence electrons. The third-order valence-corrected chi connectivity index (χ3v) is 2.68. The summed E-state index contributed by atoms with van der Waals surface area (Å²) in [5, 5.41) is 0. The second kappa shape index (κ2) is 4.27. The molecule has 0 bridgehead atoms. The van der Waals surface area contributed by atoms with Crippen molar-refractivity contribution in [2.24, 2.45) is 0 Å². The van der Waals surface area contributed by atoms with Gasteiger partial charge in [0.15, 0.2) is 0 Å². The molecule has 0 atom stereocenters. The monoisotopic (exact) mass is 172 g/mol. The molecule has 0 aromatic heterocycles. The van der Waals surface area contributed by atoms with Gasteiger partial charge in [-0.1, -0.05) is 36.4 Å². The lowest BCUT2D eigenvalue weighted by molar-refractivity contribution is 0.837. The maximum Gasteiger partial charge on any atom is -0.0241 e. The highest BCUT2D eigenvalue weighted by Gasteiger charge is 2.01. The first-order valence-electron chi connectivity index (χ1n) is 5.18. The second-order valence-corrected chi connectivity index (χ2v) is 3.67. The van der Waals surface area contributed by atoms with Gasteiger partial charge in [-0.25, -0.2) is 0 Å². The topological polar surface area (TPSA) is 0 Å². The number of aryl methyl sites for hydroxylation is 2. The van der Waals surface area contributed by atoms with Gasteiger partial charge < -0.3 is 0 Å². The lowest BCUT2D eigenvalue weighted by Crippen LogP contribution is -1.92. The van der Waals surface area contributed by atoms with E-state index in [1.165, 1.54) is 32.1 Å². The highest BCUT2D eigenvalue weighted by Crippen LogP contribution is 2.16. The van der Waals surface area contributed by atoms with Crippen LogP contribution in [0.4, 0.5) is 0 Å². The van der Waals surface area contributed by atoms with Crippen LogP contribution < -0.4 is 0 Å². The average molecular weight is 172 g/mol. The largest absolute Gasteiger partial charge is 0.0885 e. The zero-order chi connectivity index (χ0) is 8.93. The lowest BCUT2D eigenvalue weighted by atomic mass is 10.00. The molecule has 0 saturated carbocycles. The molecule has 0 radical (unpaired) electrons. The van der Waals surface area contributed by atoms with E-state index in [1.54, 1.807) is 11.1 Å². The first-order chi connectivity index (χ1) is 6.47. The first kappa shape index (κ1) is 8.55. The molecular weight excluding hydrogens is 156 g/mol. The number of allylic oxidation sites excluding steroid dienone is 2. The fraction of sp³-hybridized carbons (Fsp3) is 0.385. The summed E-state index contributed by atoms with van der Waals surface area (Å²) < 4.78 is 0. The van der Waals surface area contributed by atoms with Crippen LogP contribution in [0.25, 0.3) is 0 Å². The average Bonchev–Trinajstić information content (AvgIpc) is 2.28. The molecule has 0 N–H and O–H groups in total. The Kier molecular flexibility index (Phi) is 2.81. The van der Waals surface area contributed by atoms with Crippen molar-refractivity contribution in [1.29, 1.82) is 0 Å². The van der Waals surface area contributed by atoms with E-state index in [0.717, 1.165) is 0 Å². The van der Waals surface area contributed by atoms with E-state index in [1.807, 2.05) is 0 Å². The van der Waals surface area contributed by atoms with E-state index >= 15 is 0 Å². The Bertz CT molecular complexity index is 297. The maximum atomic E-state index is 2.33. The smallest absolute Gasteiger partial charge is 0.0241 e. The molecule has 1 aromatic carbocycles. The van der Waals surface area contributed by atoms with Gasteiger partial charge in [-0.15, -0.1) is 0 Å². The van der Waals surface area contributed by atoms with Crippen LogP contribution in [0.15, 0.2) is 36.4 Å². The maximum absolute atomic E-state index is 2.33. The Balaban J connectivity index is 2.22. The normalized spacial score (nSPS) is 19.4. The summed E-state index contributed by atoms with van der Waals surface area (Å²) in [5.41, 5.74) is 3.11. The lowest BCUT2D eigenvalue weighted by Gasteiger charge is -2.06. The van der Waals surface area contributed by atoms with Crippen molar-refractivity contribution in [2.45, 2.75) is 32.1 Å². The number of fused-ring (bicyclic) bond motifs is 1. The molecule has 0 heteroatoms. The molecule has 0 heterocycles. The highest BCUT2D eigenvalue weighted by molar-refractivity contribution is 5.28. The minimum atomic E-state index is 1.21. The summed E-state index contributed by atoms with van der Waals surface area (Å²) in [4.78, 5) is 0. The van der Waals surface area contributed by atoms with Crippen molar-refractivity contribution in [3.8, 4) is 0 Å². The summed E-state index contributed by atoms with van der Waals surface area (Å²) in [5.74, 6) is 0. The zero-order valence-corrected chi connectivity index (χ0v) is 8.00. The van der Waals surface area contributed by atoms with E-state index in [2.05, 4.69) is 36.4 Å². The molecule has 0 unspecified atom stereocenters. The predicted octanol–water partition coefficient (Wildman–Crippen LogP) is 3.51. The third kappa shape index (κ3) is 2.21. The number of rotatable bonds is 0. The van der Waals surface area contributed by atoms with E-state index in [-0.39, 0.29) is 0 Å². The van der Waals surface area contributed by atoms with Gasteiger partial charge >= 0.3 is 0 Å². The van der Waals surface area contributed by atoms with Gasteiger partial charge in [0.25, 0.3) is 0 Å². The van der Waals surface area contributed by atoms with Crippen molar-refractivity contribution in [3.63, 3.8) is 0 Å². The molecule has 2 rings (SSSR count). The molecule has 0 spiro atoms. The molecule has 0 fully saturated rings. The fourth-order valence-corrected chi connectivity index (χ4v) is 1.93. The van der Waals surface area contributed by atoms with Crippen molar-refractivity contribution in [2.75, 3.05) is 0 Å². The Morgan fingerprint density at radius 1 is 0.769 bits per heavy atom. The summed E-state index contributed by atoms with van der Waals surface area (Å²) in [6.07, 6.45) is 10.9. The summed E-state index contributed by atoms with van der Waals surface area (Å²) in [6.45, 7) is 0. The molecule has 1 aliphatic rings. The van der Waals surface area contributed by atoms with Crippen molar-refractivity contribution >= 4 is 0 Å². The molecule has 0 aliphatic heterocycles. The fourth-order valence-electron chi connectivity index (χ4n) is 1.93. The summed E-state index contributed by atoms with van der Waals surface area (Å²) in [7, 11) is 0. The van der Waals surface area contributed by atoms with Crippen LogP contribution in [0, 0.1) is 0 Å². The van der Waals surface area contributed by atoms with Crippen LogP contribution >= 0.6 is 0 Å². The van der Waals surface area contributed by atoms with E-state index < -0.39 is 0 Å². The Morgan fingerprint density at radius 2 is 1.46 bits per heavy atom. The molecular formula is C13H16. The van der Waals surface area contributed by atoms with E-state index in [9.17, 15) is 0 Å². The molecule has 1 aliphatic carbocycles. The SMILES string of the molecule is C1=C\CCc2ccccc2CCC/1. The zero-order valence-electron chi connectivity index (χ0n) is 8.00. The van der Waals surface area contributed by atoms with Crippen LogP contribution in [0.5, 0.6) is 0 Å². The minimum Gasteiger partial charge on any atom is -0.0885 e. The Morgan fingerprint density at radius 3 is 2.31 bits per heavy atom. The third-order valence-electron chi connectivity index (χ3n) is 2.68. The minimum absolute atomic E-state index is 1.21. The molecule has 0 saturated heterocycles. The van der Waals surface area contributed by atoms with Crippen LogP contribution in [-0.2, 0) is 12.8 Å². The second-order valence-electron chi connectivity index (χ2n) is 3.67. The summed E-state index contributed by atoms with van der Waals surface area (Å²) >= 11 is 0. The summed E-state index contributed by atoms with van der Waals surface area (Å²) in [6, 6.07) is 8.86. The highest BCUT2D eigenvalue weighted by atomic mass is 14.1. The van der Waals surface area contributed by atoms with Gasteiger partial charge in [-0.3, -0.25) is 0 Å². The van der Waals surface area contributed by atoms with Gasteiger partial charge in [0, 0.05) is 0 Å².